The van der Waals surface area contributed by atoms with Crippen molar-refractivity contribution >= 4 is 32.9 Å². The van der Waals surface area contributed by atoms with Crippen molar-refractivity contribution in [2.45, 2.75) is 5.54 Å². The number of imidazole rings is 1. The van der Waals surface area contributed by atoms with Crippen molar-refractivity contribution in [2.24, 2.45) is 0 Å². The number of aromatic nitrogens is 3. The molecule has 0 spiro atoms. The van der Waals surface area contributed by atoms with Crippen LogP contribution in [0.4, 0.5) is 0 Å². The molecule has 1 amide bonds. The molecule has 0 saturated carbocycles. The van der Waals surface area contributed by atoms with E-state index < -0.39 is 5.54 Å². The molecule has 1 aromatic carbocycles. The number of halogens is 1. The van der Waals surface area contributed by atoms with Crippen LogP contribution < -0.4 is 15.7 Å². The highest BCUT2D eigenvalue weighted by molar-refractivity contribution is 9.10. The molecule has 3 heterocycles. The number of hydrogen-bond acceptors (Lipinski definition) is 4. The number of benzene rings is 1. The van der Waals surface area contributed by atoms with Crippen LogP contribution in [0.25, 0.3) is 11.0 Å². The first-order valence-corrected chi connectivity index (χ1v) is 8.09. The molecule has 0 aliphatic carbocycles. The van der Waals surface area contributed by atoms with Crippen LogP contribution in [-0.2, 0) is 10.3 Å². The predicted molar refractivity (Wildman–Crippen MR) is 91.1 cm³/mol. The van der Waals surface area contributed by atoms with Gasteiger partial charge >= 0.3 is 5.69 Å². The van der Waals surface area contributed by atoms with Gasteiger partial charge in [0.2, 0.25) is 5.54 Å². The van der Waals surface area contributed by atoms with Crippen molar-refractivity contribution < 1.29 is 9.53 Å². The van der Waals surface area contributed by atoms with Crippen LogP contribution in [0.3, 0.4) is 0 Å². The molecule has 24 heavy (non-hydrogen) atoms. The minimum atomic E-state index is -1.38. The molecule has 4 rings (SSSR count). The minimum absolute atomic E-state index is 0.0356. The lowest BCUT2D eigenvalue weighted by molar-refractivity contribution is -0.129. The van der Waals surface area contributed by atoms with Crippen molar-refractivity contribution in [1.82, 2.24) is 19.9 Å². The van der Waals surface area contributed by atoms with E-state index in [1.54, 1.807) is 36.5 Å². The Morgan fingerprint density at radius 2 is 2.25 bits per heavy atom. The average molecular weight is 389 g/mol. The molecule has 7 nitrogen and oxygen atoms in total. The van der Waals surface area contributed by atoms with Crippen LogP contribution in [-0.4, -0.2) is 34.1 Å². The number of carbonyl (C=O) groups is 1. The van der Waals surface area contributed by atoms with E-state index in [9.17, 15) is 9.59 Å². The van der Waals surface area contributed by atoms with Gasteiger partial charge in [-0.1, -0.05) is 6.07 Å². The lowest BCUT2D eigenvalue weighted by Gasteiger charge is -2.36. The lowest BCUT2D eigenvalue weighted by atomic mass is 9.92. The number of pyridine rings is 1. The van der Waals surface area contributed by atoms with Gasteiger partial charge in [-0.2, -0.15) is 0 Å². The molecular weight excluding hydrogens is 376 g/mol. The maximum Gasteiger partial charge on any atom is 0.327 e. The quantitative estimate of drug-likeness (QED) is 0.693. The van der Waals surface area contributed by atoms with Crippen LogP contribution in [0.15, 0.2) is 45.8 Å². The van der Waals surface area contributed by atoms with Crippen molar-refractivity contribution in [3.8, 4) is 5.75 Å². The van der Waals surface area contributed by atoms with Gasteiger partial charge in [-0.05, 0) is 40.2 Å². The van der Waals surface area contributed by atoms with Crippen LogP contribution in [0, 0.1) is 0 Å². The third-order valence-electron chi connectivity index (χ3n) is 4.25. The van der Waals surface area contributed by atoms with Crippen molar-refractivity contribution in [3.05, 3.63) is 57.2 Å². The van der Waals surface area contributed by atoms with Gasteiger partial charge in [0.05, 0.1) is 15.7 Å². The van der Waals surface area contributed by atoms with Crippen molar-refractivity contribution in [3.63, 3.8) is 0 Å². The number of H-pyrrole nitrogens is 1. The summed E-state index contributed by atoms with van der Waals surface area (Å²) in [4.78, 5) is 32.7. The molecule has 1 aliphatic rings. The van der Waals surface area contributed by atoms with Gasteiger partial charge in [0, 0.05) is 13.2 Å². The second-order valence-electron chi connectivity index (χ2n) is 5.48. The fraction of sp³-hybridized carbons (Fsp3) is 0.188. The summed E-state index contributed by atoms with van der Waals surface area (Å²) in [7, 11) is 1.53. The maximum atomic E-state index is 12.9. The topological polar surface area (TPSA) is 89.0 Å². The number of nitrogens with zero attached hydrogens (tertiary/aromatic N) is 2. The number of likely N-dealkylation sites (N-methyl/N-ethyl adjacent to an activating group) is 1. The van der Waals surface area contributed by atoms with Crippen molar-refractivity contribution in [2.75, 3.05) is 13.7 Å². The maximum absolute atomic E-state index is 12.9. The highest BCUT2D eigenvalue weighted by Gasteiger charge is 2.49. The largest absolute Gasteiger partial charge is 0.487 e. The molecule has 3 aromatic rings. The molecule has 8 heteroatoms. The van der Waals surface area contributed by atoms with E-state index in [2.05, 4.69) is 31.2 Å². The number of carbonyl (C=O) groups excluding carboxylic acids is 1. The molecular formula is C16H13BrN4O3. The van der Waals surface area contributed by atoms with Crippen LogP contribution >= 0.6 is 15.9 Å². The molecule has 122 valence electrons. The van der Waals surface area contributed by atoms with Crippen LogP contribution in [0.1, 0.15) is 5.69 Å². The first-order valence-electron chi connectivity index (χ1n) is 7.30. The molecule has 1 atom stereocenters. The number of rotatable bonds is 2. The summed E-state index contributed by atoms with van der Waals surface area (Å²) < 4.78 is 8.06. The Kier molecular flexibility index (Phi) is 3.24. The van der Waals surface area contributed by atoms with E-state index >= 15 is 0 Å². The Balaban J connectivity index is 2.16. The molecule has 1 aliphatic heterocycles. The van der Waals surface area contributed by atoms with Gasteiger partial charge in [-0.25, -0.2) is 4.79 Å². The van der Waals surface area contributed by atoms with Crippen LogP contribution in [0.2, 0.25) is 0 Å². The first kappa shape index (κ1) is 14.9. The number of nitrogens with one attached hydrogen (secondary N) is 2. The Hall–Kier alpha value is -2.61. The van der Waals surface area contributed by atoms with Gasteiger partial charge in [-0.3, -0.25) is 14.3 Å². The summed E-state index contributed by atoms with van der Waals surface area (Å²) in [5.41, 5.74) is -0.184. The standard InChI is InChI=1S/C16H13BrN4O3/c1-18-14(22)16(11-4-2-3-7-19-11)8-24-13-9(17)5-6-10-12(13)21(16)15(23)20-10/h2-7H,8H2,1H3,(H,18,22)(H,20,23). The Morgan fingerprint density at radius 3 is 2.96 bits per heavy atom. The van der Waals surface area contributed by atoms with E-state index in [0.29, 0.717) is 26.9 Å². The third kappa shape index (κ3) is 1.80. The molecule has 0 saturated heterocycles. The Bertz CT molecular complexity index is 1010. The second kappa shape index (κ2) is 5.20. The summed E-state index contributed by atoms with van der Waals surface area (Å²) in [6.45, 7) is -0.0356. The van der Waals surface area contributed by atoms with Gasteiger partial charge in [0.25, 0.3) is 5.91 Å². The zero-order valence-corrected chi connectivity index (χ0v) is 14.3. The van der Waals surface area contributed by atoms with E-state index in [0.717, 1.165) is 0 Å². The highest BCUT2D eigenvalue weighted by atomic mass is 79.9. The fourth-order valence-corrected chi connectivity index (χ4v) is 3.61. The van der Waals surface area contributed by atoms with Gasteiger partial charge in [0.15, 0.2) is 5.75 Å². The van der Waals surface area contributed by atoms with E-state index in [4.69, 9.17) is 4.74 Å². The zero-order valence-electron chi connectivity index (χ0n) is 12.7. The van der Waals surface area contributed by atoms with E-state index in [1.807, 2.05) is 0 Å². The van der Waals surface area contributed by atoms with Gasteiger partial charge < -0.3 is 15.0 Å². The van der Waals surface area contributed by atoms with Gasteiger partial charge in [0.1, 0.15) is 12.1 Å². The zero-order chi connectivity index (χ0) is 16.9. The lowest BCUT2D eigenvalue weighted by Crippen LogP contribution is -2.57. The molecule has 0 radical (unpaired) electrons. The molecule has 0 bridgehead atoms. The SMILES string of the molecule is CNC(=O)C1(c2ccccn2)COc2c(Br)ccc3[nH]c(=O)n1c23. The smallest absolute Gasteiger partial charge is 0.327 e. The van der Waals surface area contributed by atoms with Gasteiger partial charge in [-0.15, -0.1) is 0 Å². The van der Waals surface area contributed by atoms with Crippen LogP contribution in [0.5, 0.6) is 5.75 Å². The summed E-state index contributed by atoms with van der Waals surface area (Å²) in [6.07, 6.45) is 1.59. The number of hydrogen-bond donors (Lipinski definition) is 2. The minimum Gasteiger partial charge on any atom is -0.487 e. The van der Waals surface area contributed by atoms with Crippen molar-refractivity contribution in [1.29, 1.82) is 0 Å². The number of ether oxygens (including phenoxy) is 1. The van der Waals surface area contributed by atoms with E-state index in [-0.39, 0.29) is 18.2 Å². The summed E-state index contributed by atoms with van der Waals surface area (Å²) in [5.74, 6) is 0.163. The monoisotopic (exact) mass is 388 g/mol. The summed E-state index contributed by atoms with van der Waals surface area (Å²) in [6, 6.07) is 8.81. The fourth-order valence-electron chi connectivity index (χ4n) is 3.17. The summed E-state index contributed by atoms with van der Waals surface area (Å²) in [5, 5.41) is 2.64. The number of aromatic amines is 1. The summed E-state index contributed by atoms with van der Waals surface area (Å²) >= 11 is 3.43. The Labute approximate surface area is 144 Å². The average Bonchev–Trinajstić information content (AvgIpc) is 2.96. The molecule has 2 aromatic heterocycles. The normalized spacial score (nSPS) is 19.1. The second-order valence-corrected chi connectivity index (χ2v) is 6.34. The predicted octanol–water partition coefficient (Wildman–Crippen LogP) is 1.37. The molecule has 0 fully saturated rings. The third-order valence-corrected chi connectivity index (χ3v) is 4.87. The van der Waals surface area contributed by atoms with E-state index in [1.165, 1.54) is 11.6 Å². The first-order chi connectivity index (χ1) is 11.6. The highest BCUT2D eigenvalue weighted by Crippen LogP contribution is 2.41. The molecule has 1 unspecified atom stereocenters. The Morgan fingerprint density at radius 1 is 1.42 bits per heavy atom. The number of amides is 1. The molecule has 2 N–H and O–H groups in total.